The molecule has 32 heavy (non-hydrogen) atoms. The van der Waals surface area contributed by atoms with Gasteiger partial charge in [0.2, 0.25) is 0 Å². The van der Waals surface area contributed by atoms with Gasteiger partial charge >= 0.3 is 23.9 Å². The minimum Gasteiger partial charge on any atom is -0.331 e. The third kappa shape index (κ3) is 5.72. The molecule has 2 rings (SSSR count). The zero-order chi connectivity index (χ0) is 24.2. The highest BCUT2D eigenvalue weighted by Gasteiger charge is 2.76. The van der Waals surface area contributed by atoms with Crippen LogP contribution in [0.1, 0.15) is 12.5 Å². The van der Waals surface area contributed by atoms with Gasteiger partial charge < -0.3 is 10.6 Å². The van der Waals surface area contributed by atoms with E-state index >= 15 is 0 Å². The van der Waals surface area contributed by atoms with Gasteiger partial charge in [0, 0.05) is 11.4 Å². The number of hydrogen-bond acceptors (Lipinski definition) is 3. The van der Waals surface area contributed by atoms with E-state index in [1.165, 1.54) is 24.4 Å². The average molecular weight is 480 g/mol. The van der Waals surface area contributed by atoms with Gasteiger partial charge in [-0.25, -0.2) is 0 Å². The summed E-state index contributed by atoms with van der Waals surface area (Å²) >= 11 is 5.06. The van der Waals surface area contributed by atoms with Crippen molar-refractivity contribution in [3.63, 3.8) is 0 Å². The lowest BCUT2D eigenvalue weighted by Gasteiger charge is -2.27. The first-order valence-electron chi connectivity index (χ1n) is 8.66. The molecule has 0 saturated carbocycles. The van der Waals surface area contributed by atoms with Gasteiger partial charge in [-0.2, -0.15) is 35.8 Å². The van der Waals surface area contributed by atoms with Crippen molar-refractivity contribution >= 4 is 40.3 Å². The molecule has 3 N–H and O–H groups in total. The van der Waals surface area contributed by atoms with Crippen molar-refractivity contribution in [1.82, 2.24) is 5.43 Å². The number of alkyl halides is 7. The molecule has 1 amide bonds. The number of hydrazone groups is 1. The number of carbonyl (C=O) groups is 1. The van der Waals surface area contributed by atoms with Crippen LogP contribution in [0.15, 0.2) is 59.7 Å². The summed E-state index contributed by atoms with van der Waals surface area (Å²) in [6, 6.07) is 13.6. The van der Waals surface area contributed by atoms with Crippen molar-refractivity contribution < 1.29 is 35.5 Å². The highest BCUT2D eigenvalue weighted by atomic mass is 32.1. The normalized spacial score (nSPS) is 12.8. The summed E-state index contributed by atoms with van der Waals surface area (Å²) in [5.74, 6) is -15.4. The Hall–Kier alpha value is -3.22. The van der Waals surface area contributed by atoms with Crippen molar-refractivity contribution in [3.8, 4) is 0 Å². The SMILES string of the molecule is C/C(=N\NC(=S)Nc1ccccc1)c1cccc(NC(=O)C(F)(F)C(F)(F)C(F)(F)F)c1. The van der Waals surface area contributed by atoms with Crippen LogP contribution in [0, 0.1) is 0 Å². The molecule has 0 aromatic heterocycles. The number of nitrogens with one attached hydrogen (secondary N) is 3. The highest BCUT2D eigenvalue weighted by molar-refractivity contribution is 7.80. The van der Waals surface area contributed by atoms with Crippen LogP contribution in [0.5, 0.6) is 0 Å². The lowest BCUT2D eigenvalue weighted by Crippen LogP contribution is -2.57. The Bertz CT molecular complexity index is 1010. The third-order valence-electron chi connectivity index (χ3n) is 3.93. The van der Waals surface area contributed by atoms with E-state index in [4.69, 9.17) is 12.2 Å². The second-order valence-electron chi connectivity index (χ2n) is 6.31. The number of benzene rings is 2. The predicted molar refractivity (Wildman–Crippen MR) is 109 cm³/mol. The van der Waals surface area contributed by atoms with Gasteiger partial charge in [0.15, 0.2) is 5.11 Å². The minimum absolute atomic E-state index is 0.119. The molecule has 0 aliphatic heterocycles. The zero-order valence-electron chi connectivity index (χ0n) is 16.1. The average Bonchev–Trinajstić information content (AvgIpc) is 2.72. The largest absolute Gasteiger partial charge is 0.460 e. The van der Waals surface area contributed by atoms with E-state index in [9.17, 15) is 35.5 Å². The van der Waals surface area contributed by atoms with Crippen molar-refractivity contribution in [2.75, 3.05) is 10.6 Å². The Morgan fingerprint density at radius 1 is 0.875 bits per heavy atom. The van der Waals surface area contributed by atoms with E-state index in [1.54, 1.807) is 30.3 Å². The fourth-order valence-electron chi connectivity index (χ4n) is 2.23. The monoisotopic (exact) mass is 480 g/mol. The Morgan fingerprint density at radius 3 is 2.06 bits per heavy atom. The molecule has 0 radical (unpaired) electrons. The number of nitrogens with zero attached hydrogens (tertiary/aromatic N) is 1. The molecule has 172 valence electrons. The van der Waals surface area contributed by atoms with Crippen LogP contribution in [0.25, 0.3) is 0 Å². The smallest absolute Gasteiger partial charge is 0.331 e. The first-order valence-corrected chi connectivity index (χ1v) is 9.07. The maximum absolute atomic E-state index is 13.5. The van der Waals surface area contributed by atoms with Gasteiger partial charge in [-0.15, -0.1) is 0 Å². The number of carbonyl (C=O) groups excluding carboxylic acids is 1. The van der Waals surface area contributed by atoms with Crippen LogP contribution in [0.3, 0.4) is 0 Å². The van der Waals surface area contributed by atoms with Gasteiger partial charge in [-0.1, -0.05) is 30.3 Å². The first-order chi connectivity index (χ1) is 14.8. The second kappa shape index (κ2) is 9.51. The molecule has 0 heterocycles. The summed E-state index contributed by atoms with van der Waals surface area (Å²) in [6.07, 6.45) is -6.61. The minimum atomic E-state index is -6.61. The van der Waals surface area contributed by atoms with E-state index in [1.807, 2.05) is 0 Å². The van der Waals surface area contributed by atoms with Crippen molar-refractivity contribution in [2.45, 2.75) is 24.9 Å². The fourth-order valence-corrected chi connectivity index (χ4v) is 2.40. The highest BCUT2D eigenvalue weighted by Crippen LogP contribution is 2.46. The lowest BCUT2D eigenvalue weighted by molar-refractivity contribution is -0.343. The molecule has 0 atom stereocenters. The van der Waals surface area contributed by atoms with Crippen LogP contribution in [0.2, 0.25) is 0 Å². The van der Waals surface area contributed by atoms with E-state index in [2.05, 4.69) is 15.8 Å². The van der Waals surface area contributed by atoms with Crippen molar-refractivity contribution in [2.24, 2.45) is 5.10 Å². The molecule has 0 aliphatic rings. The van der Waals surface area contributed by atoms with Crippen LogP contribution in [-0.2, 0) is 4.79 Å². The molecule has 2 aromatic rings. The maximum atomic E-state index is 13.5. The Balaban J connectivity index is 2.10. The van der Waals surface area contributed by atoms with Gasteiger partial charge in [-0.05, 0) is 49.0 Å². The summed E-state index contributed by atoms with van der Waals surface area (Å²) in [7, 11) is 0. The molecule has 2 aromatic carbocycles. The standard InChI is InChI=1S/C19H15F7N4OS/c1-11(29-30-16(32)28-13-7-3-2-4-8-13)12-6-5-9-14(10-12)27-15(31)17(20,21)18(22,23)19(24,25)26/h2-10H,1H3,(H,27,31)(H2,28,30,32)/b29-11+. The van der Waals surface area contributed by atoms with Gasteiger partial charge in [-0.3, -0.25) is 10.2 Å². The Labute approximate surface area is 182 Å². The van der Waals surface area contributed by atoms with Crippen LogP contribution in [-0.4, -0.2) is 34.8 Å². The summed E-state index contributed by atoms with van der Waals surface area (Å²) in [5.41, 5.74) is 3.25. The summed E-state index contributed by atoms with van der Waals surface area (Å²) < 4.78 is 89.7. The third-order valence-corrected chi connectivity index (χ3v) is 4.12. The first kappa shape index (κ1) is 25.0. The van der Waals surface area contributed by atoms with Crippen LogP contribution in [0.4, 0.5) is 42.1 Å². The number of anilines is 2. The molecular formula is C19H15F7N4OS. The van der Waals surface area contributed by atoms with Crippen molar-refractivity contribution in [3.05, 3.63) is 60.2 Å². The van der Waals surface area contributed by atoms with E-state index in [0.29, 0.717) is 5.69 Å². The van der Waals surface area contributed by atoms with Crippen molar-refractivity contribution in [1.29, 1.82) is 0 Å². The molecular weight excluding hydrogens is 465 g/mol. The van der Waals surface area contributed by atoms with Gasteiger partial charge in [0.25, 0.3) is 0 Å². The van der Waals surface area contributed by atoms with E-state index < -0.39 is 29.6 Å². The molecule has 0 spiro atoms. The van der Waals surface area contributed by atoms with Gasteiger partial charge in [0.05, 0.1) is 5.71 Å². The number of rotatable bonds is 6. The second-order valence-corrected chi connectivity index (χ2v) is 6.72. The number of thiocarbonyl (C=S) groups is 1. The number of para-hydroxylation sites is 1. The topological polar surface area (TPSA) is 65.5 Å². The van der Waals surface area contributed by atoms with Gasteiger partial charge in [0.1, 0.15) is 0 Å². The Kier molecular flexibility index (Phi) is 7.44. The molecule has 0 unspecified atom stereocenters. The number of amides is 1. The molecule has 5 nitrogen and oxygen atoms in total. The Morgan fingerprint density at radius 2 is 1.47 bits per heavy atom. The summed E-state index contributed by atoms with van der Waals surface area (Å²) in [6.45, 7) is 1.48. The predicted octanol–water partition coefficient (Wildman–Crippen LogP) is 5.17. The number of hydrogen-bond donors (Lipinski definition) is 3. The summed E-state index contributed by atoms with van der Waals surface area (Å²) in [4.78, 5) is 11.5. The molecule has 13 heteroatoms. The summed E-state index contributed by atoms with van der Waals surface area (Å²) in [5, 5.41) is 8.29. The quantitative estimate of drug-likeness (QED) is 0.231. The number of halogens is 7. The zero-order valence-corrected chi connectivity index (χ0v) is 16.9. The van der Waals surface area contributed by atoms with Crippen LogP contribution < -0.4 is 16.1 Å². The molecule has 0 fully saturated rings. The maximum Gasteiger partial charge on any atom is 0.460 e. The molecule has 0 saturated heterocycles. The molecule has 0 aliphatic carbocycles. The molecule has 0 bridgehead atoms. The van der Waals surface area contributed by atoms with Crippen LogP contribution >= 0.6 is 12.2 Å². The fraction of sp³-hybridized carbons (Fsp3) is 0.211. The lowest BCUT2D eigenvalue weighted by atomic mass is 10.1. The van der Waals surface area contributed by atoms with E-state index in [-0.39, 0.29) is 16.4 Å². The van der Waals surface area contributed by atoms with E-state index in [0.717, 1.165) is 12.1 Å².